The van der Waals surface area contributed by atoms with E-state index in [-0.39, 0.29) is 0 Å². The molecule has 0 aromatic heterocycles. The Morgan fingerprint density at radius 3 is 1.67 bits per heavy atom. The molecule has 72 valence electrons. The van der Waals surface area contributed by atoms with Crippen molar-refractivity contribution in [3.05, 3.63) is 37.0 Å². The molecule has 0 aromatic carbocycles. The van der Waals surface area contributed by atoms with Crippen LogP contribution < -0.4 is 0 Å². The summed E-state index contributed by atoms with van der Waals surface area (Å²) in [5.74, 6) is 0. The maximum atomic E-state index is 3.60. The van der Waals surface area contributed by atoms with Gasteiger partial charge in [-0.15, -0.1) is 0 Å². The summed E-state index contributed by atoms with van der Waals surface area (Å²) in [4.78, 5) is 0. The van der Waals surface area contributed by atoms with Crippen LogP contribution in [0.5, 0.6) is 0 Å². The minimum absolute atomic E-state index is 0.850. The lowest BCUT2D eigenvalue weighted by atomic mass is 10.3. The molecule has 1 heteroatoms. The summed E-state index contributed by atoms with van der Waals surface area (Å²) in [6.45, 7) is 15.2. The fourth-order valence-electron chi connectivity index (χ4n) is 0.319. The van der Waals surface area contributed by atoms with Crippen molar-refractivity contribution >= 4 is 15.9 Å². The molecule has 0 amide bonds. The van der Waals surface area contributed by atoms with Gasteiger partial charge in [0.1, 0.15) is 0 Å². The van der Waals surface area contributed by atoms with Crippen LogP contribution >= 0.6 is 15.9 Å². The van der Waals surface area contributed by atoms with Crippen molar-refractivity contribution < 1.29 is 0 Å². The molecule has 0 bridgehead atoms. The van der Waals surface area contributed by atoms with Crippen molar-refractivity contribution in [2.45, 2.75) is 27.7 Å². The Balaban J connectivity index is -0.000000175. The molecule has 0 rings (SSSR count). The molecule has 0 radical (unpaired) electrons. The van der Waals surface area contributed by atoms with Gasteiger partial charge in [0, 0.05) is 5.33 Å². The van der Waals surface area contributed by atoms with E-state index in [1.165, 1.54) is 0 Å². The predicted molar refractivity (Wildman–Crippen MR) is 65.0 cm³/mol. The van der Waals surface area contributed by atoms with Gasteiger partial charge in [-0.1, -0.05) is 75.0 Å². The smallest absolute Gasteiger partial charge is 0.0282 e. The molecule has 0 fully saturated rings. The summed E-state index contributed by atoms with van der Waals surface area (Å²) in [6, 6.07) is 0. The molecule has 0 aromatic rings. The van der Waals surface area contributed by atoms with Crippen LogP contribution in [0, 0.1) is 0 Å². The first-order chi connectivity index (χ1) is 5.85. The maximum absolute atomic E-state index is 3.60. The Hall–Kier alpha value is -0.300. The summed E-state index contributed by atoms with van der Waals surface area (Å²) in [7, 11) is 0. The Labute approximate surface area is 86.2 Å². The molecule has 12 heavy (non-hydrogen) atoms. The molecule has 0 spiro atoms. The van der Waals surface area contributed by atoms with Gasteiger partial charge >= 0.3 is 0 Å². The third kappa shape index (κ3) is 16.4. The van der Waals surface area contributed by atoms with Crippen molar-refractivity contribution in [3.63, 3.8) is 0 Å². The van der Waals surface area contributed by atoms with Crippen molar-refractivity contribution in [3.8, 4) is 0 Å². The zero-order chi connectivity index (χ0) is 10.4. The van der Waals surface area contributed by atoms with Gasteiger partial charge < -0.3 is 0 Å². The second kappa shape index (κ2) is 22.4. The van der Waals surface area contributed by atoms with E-state index in [1.807, 2.05) is 33.8 Å². The Bertz CT molecular complexity index is 112. The monoisotopic (exact) mass is 232 g/mol. The molecule has 0 aliphatic rings. The van der Waals surface area contributed by atoms with Crippen molar-refractivity contribution in [2.75, 3.05) is 5.33 Å². The lowest BCUT2D eigenvalue weighted by Gasteiger charge is -1.87. The Morgan fingerprint density at radius 2 is 1.58 bits per heavy atom. The van der Waals surface area contributed by atoms with Crippen molar-refractivity contribution in [1.82, 2.24) is 0 Å². The van der Waals surface area contributed by atoms with Crippen LogP contribution in [-0.4, -0.2) is 5.33 Å². The molecular weight excluding hydrogens is 212 g/mol. The summed E-state index contributed by atoms with van der Waals surface area (Å²) >= 11 is 3.29. The fraction of sp³-hybridized carbons (Fsp3) is 0.455. The van der Waals surface area contributed by atoms with Gasteiger partial charge in [0.15, 0.2) is 0 Å². The molecule has 0 saturated heterocycles. The fourth-order valence-corrected chi connectivity index (χ4v) is 0.734. The Morgan fingerprint density at radius 1 is 1.17 bits per heavy atom. The average Bonchev–Trinajstić information content (AvgIpc) is 2.20. The normalized spacial score (nSPS) is 8.25. The highest BCUT2D eigenvalue weighted by Gasteiger charge is 1.80. The SMILES string of the molecule is C=C/C=C(\C=C)CBr.CC.CC. The standard InChI is InChI=1S/C7H9Br.2C2H6/c1-3-5-7(4-2)6-8;2*1-2/h3-5H,1-2,6H2;2*1-2H3/b7-5+;;. The minimum atomic E-state index is 0.850. The first-order valence-corrected chi connectivity index (χ1v) is 5.47. The molecule has 0 nitrogen and oxygen atoms in total. The van der Waals surface area contributed by atoms with E-state index in [0.717, 1.165) is 10.9 Å². The van der Waals surface area contributed by atoms with E-state index in [0.29, 0.717) is 0 Å². The van der Waals surface area contributed by atoms with E-state index >= 15 is 0 Å². The predicted octanol–water partition coefficient (Wildman–Crippen LogP) is 4.73. The van der Waals surface area contributed by atoms with E-state index < -0.39 is 0 Å². The van der Waals surface area contributed by atoms with Gasteiger partial charge in [0.2, 0.25) is 0 Å². The molecule has 0 atom stereocenters. The van der Waals surface area contributed by atoms with Crippen LogP contribution in [0.1, 0.15) is 27.7 Å². The van der Waals surface area contributed by atoms with Gasteiger partial charge in [-0.05, 0) is 5.57 Å². The largest absolute Gasteiger partial charge is 0.0991 e. The highest BCUT2D eigenvalue weighted by molar-refractivity contribution is 9.09. The van der Waals surface area contributed by atoms with Gasteiger partial charge in [-0.25, -0.2) is 0 Å². The number of hydrogen-bond donors (Lipinski definition) is 0. The van der Waals surface area contributed by atoms with Gasteiger partial charge in [0.25, 0.3) is 0 Å². The number of alkyl halides is 1. The highest BCUT2D eigenvalue weighted by atomic mass is 79.9. The summed E-state index contributed by atoms with van der Waals surface area (Å²) in [6.07, 6.45) is 5.47. The summed E-state index contributed by atoms with van der Waals surface area (Å²) in [5, 5.41) is 0.850. The van der Waals surface area contributed by atoms with Crippen LogP contribution in [0.3, 0.4) is 0 Å². The second-order valence-electron chi connectivity index (χ2n) is 1.32. The molecule has 0 unspecified atom stereocenters. The van der Waals surface area contributed by atoms with E-state index in [9.17, 15) is 0 Å². The van der Waals surface area contributed by atoms with Gasteiger partial charge in [-0.3, -0.25) is 0 Å². The summed E-state index contributed by atoms with van der Waals surface area (Å²) in [5.41, 5.74) is 1.15. The number of allylic oxidation sites excluding steroid dienone is 4. The third-order valence-corrected chi connectivity index (χ3v) is 1.40. The Kier molecular flexibility index (Phi) is 33.1. The molecule has 0 aliphatic carbocycles. The second-order valence-corrected chi connectivity index (χ2v) is 1.88. The molecule has 0 saturated carbocycles. The molecular formula is C11H21Br. The van der Waals surface area contributed by atoms with Gasteiger partial charge in [-0.2, -0.15) is 0 Å². The molecule has 0 heterocycles. The average molecular weight is 233 g/mol. The van der Waals surface area contributed by atoms with Crippen LogP contribution in [0.2, 0.25) is 0 Å². The lowest BCUT2D eigenvalue weighted by molar-refractivity contribution is 1.50. The minimum Gasteiger partial charge on any atom is -0.0991 e. The van der Waals surface area contributed by atoms with E-state index in [1.54, 1.807) is 12.2 Å². The van der Waals surface area contributed by atoms with Crippen molar-refractivity contribution in [1.29, 1.82) is 0 Å². The number of hydrogen-bond acceptors (Lipinski definition) is 0. The zero-order valence-electron chi connectivity index (χ0n) is 8.73. The topological polar surface area (TPSA) is 0 Å². The molecule has 0 aliphatic heterocycles. The molecule has 0 N–H and O–H groups in total. The van der Waals surface area contributed by atoms with Crippen LogP contribution in [0.25, 0.3) is 0 Å². The van der Waals surface area contributed by atoms with Crippen LogP contribution in [0.4, 0.5) is 0 Å². The highest BCUT2D eigenvalue weighted by Crippen LogP contribution is 1.99. The number of rotatable bonds is 3. The van der Waals surface area contributed by atoms with E-state index in [2.05, 4.69) is 29.1 Å². The van der Waals surface area contributed by atoms with Crippen LogP contribution in [-0.2, 0) is 0 Å². The maximum Gasteiger partial charge on any atom is 0.0282 e. The quantitative estimate of drug-likeness (QED) is 0.488. The number of halogens is 1. The zero-order valence-corrected chi connectivity index (χ0v) is 10.3. The van der Waals surface area contributed by atoms with Gasteiger partial charge in [0.05, 0.1) is 0 Å². The third-order valence-electron chi connectivity index (χ3n) is 0.748. The first-order valence-electron chi connectivity index (χ1n) is 4.35. The van der Waals surface area contributed by atoms with Crippen molar-refractivity contribution in [2.24, 2.45) is 0 Å². The first kappa shape index (κ1) is 17.7. The van der Waals surface area contributed by atoms with Crippen LogP contribution in [0.15, 0.2) is 37.0 Å². The summed E-state index contributed by atoms with van der Waals surface area (Å²) < 4.78 is 0. The lowest BCUT2D eigenvalue weighted by Crippen LogP contribution is -1.73. The van der Waals surface area contributed by atoms with E-state index in [4.69, 9.17) is 0 Å².